The van der Waals surface area contributed by atoms with Crippen LogP contribution < -0.4 is 28.1 Å². The topological polar surface area (TPSA) is 0 Å². The summed E-state index contributed by atoms with van der Waals surface area (Å²) in [5.41, 5.74) is 11.7. The number of allylic oxidation sites excluding steroid dienone is 4. The minimum Gasteiger partial charge on any atom is -1.00 e. The van der Waals surface area contributed by atoms with Crippen LogP contribution in [0.1, 0.15) is 81.3 Å². The molecule has 0 N–H and O–H groups in total. The summed E-state index contributed by atoms with van der Waals surface area (Å²) in [6.45, 7) is 14.2. The Labute approximate surface area is 318 Å². The summed E-state index contributed by atoms with van der Waals surface area (Å²) in [6, 6.07) is 44.6. The van der Waals surface area contributed by atoms with Crippen LogP contribution in [0.25, 0.3) is 32.7 Å². The Morgan fingerprint density at radius 3 is 1.66 bits per heavy atom. The second kappa shape index (κ2) is 14.0. The molecule has 8 rings (SSSR count). The van der Waals surface area contributed by atoms with E-state index >= 15 is 0 Å². The number of hydrogen-bond donors (Lipinski definition) is 0. The molecule has 0 saturated carbocycles. The van der Waals surface area contributed by atoms with E-state index in [1.807, 2.05) is 0 Å². The molecule has 3 heteroatoms. The van der Waals surface area contributed by atoms with E-state index in [4.69, 9.17) is 0 Å². The summed E-state index contributed by atoms with van der Waals surface area (Å²) in [5, 5.41) is 5.22. The molecule has 2 aliphatic rings. The maximum Gasteiger partial charge on any atom is -1.00 e. The zero-order chi connectivity index (χ0) is 33.2. The minimum absolute atomic E-state index is 0. The van der Waals surface area contributed by atoms with Gasteiger partial charge in [-0.2, -0.15) is 0 Å². The molecular weight excluding hydrogens is 727 g/mol. The molecule has 0 spiro atoms. The van der Waals surface area contributed by atoms with Crippen molar-refractivity contribution in [3.8, 4) is 11.1 Å². The van der Waals surface area contributed by atoms with Crippen LogP contribution >= 0.6 is 0 Å². The average Bonchev–Trinajstić information content (AvgIpc) is 3.74. The molecule has 0 radical (unpaired) electrons. The van der Waals surface area contributed by atoms with Crippen molar-refractivity contribution >= 4 is 28.0 Å². The van der Waals surface area contributed by atoms with E-state index in [0.717, 1.165) is 12.8 Å². The van der Waals surface area contributed by atoms with Crippen LogP contribution in [0.2, 0.25) is 0 Å². The van der Waals surface area contributed by atoms with Gasteiger partial charge in [-0.1, -0.05) is 0 Å². The van der Waals surface area contributed by atoms with Crippen LogP contribution in [-0.2, 0) is 38.5 Å². The molecular formula is C47H44Cl2Zr. The van der Waals surface area contributed by atoms with Crippen LogP contribution in [-0.4, -0.2) is 3.21 Å². The van der Waals surface area contributed by atoms with Gasteiger partial charge in [0, 0.05) is 0 Å². The monoisotopic (exact) mass is 768 g/mol. The van der Waals surface area contributed by atoms with E-state index in [1.54, 1.807) is 15.3 Å². The SMILES string of the molecule is CC(C)(C)c1ccc2c(c1)-c1cc(C(C)(C)C)c[c]([Zr+2]([C]3=CC=CC3)=[C](c3ccc4ccccc4c3)c3ccc4ccccc4c3)c1C2.[Cl-].[Cl-]. The van der Waals surface area contributed by atoms with Crippen molar-refractivity contribution in [2.24, 2.45) is 0 Å². The van der Waals surface area contributed by atoms with Gasteiger partial charge in [-0.25, -0.2) is 0 Å². The Bertz CT molecular complexity index is 2280. The first-order valence-corrected chi connectivity index (χ1v) is 21.1. The summed E-state index contributed by atoms with van der Waals surface area (Å²) in [4.78, 5) is 0. The molecule has 0 atom stereocenters. The first kappa shape index (κ1) is 36.4. The second-order valence-corrected chi connectivity index (χ2v) is 21.8. The number of hydrogen-bond acceptors (Lipinski definition) is 0. The summed E-state index contributed by atoms with van der Waals surface area (Å²) >= 11 is -2.85. The van der Waals surface area contributed by atoms with Gasteiger partial charge < -0.3 is 24.8 Å². The molecule has 0 saturated heterocycles. The molecule has 2 aliphatic carbocycles. The Morgan fingerprint density at radius 1 is 0.560 bits per heavy atom. The van der Waals surface area contributed by atoms with Gasteiger partial charge in [0.15, 0.2) is 0 Å². The maximum atomic E-state index is 2.66. The number of halogens is 2. The first-order valence-electron chi connectivity index (χ1n) is 17.4. The molecule has 0 heterocycles. The van der Waals surface area contributed by atoms with E-state index in [1.165, 1.54) is 60.5 Å². The third kappa shape index (κ3) is 6.70. The predicted octanol–water partition coefficient (Wildman–Crippen LogP) is 5.52. The van der Waals surface area contributed by atoms with Gasteiger partial charge >= 0.3 is 296 Å². The third-order valence-corrected chi connectivity index (χ3v) is 18.0. The van der Waals surface area contributed by atoms with Gasteiger partial charge in [0.2, 0.25) is 0 Å². The summed E-state index contributed by atoms with van der Waals surface area (Å²) < 4.78 is 4.90. The van der Waals surface area contributed by atoms with Crippen LogP contribution in [0, 0.1) is 0 Å². The molecule has 6 aromatic carbocycles. The van der Waals surface area contributed by atoms with Crippen LogP contribution in [0.5, 0.6) is 0 Å². The summed E-state index contributed by atoms with van der Waals surface area (Å²) in [7, 11) is 0. The van der Waals surface area contributed by atoms with Crippen molar-refractivity contribution in [2.45, 2.75) is 65.2 Å². The van der Waals surface area contributed by atoms with Crippen molar-refractivity contribution in [2.75, 3.05) is 0 Å². The van der Waals surface area contributed by atoms with Crippen molar-refractivity contribution in [1.29, 1.82) is 0 Å². The van der Waals surface area contributed by atoms with Crippen molar-refractivity contribution in [1.82, 2.24) is 0 Å². The fraction of sp³-hybridized carbons (Fsp3) is 0.213. The Balaban J connectivity index is 0.00000216. The van der Waals surface area contributed by atoms with Crippen molar-refractivity contribution in [3.05, 3.63) is 170 Å². The Hall–Kier alpha value is -3.35. The fourth-order valence-electron chi connectivity index (χ4n) is 7.64. The van der Waals surface area contributed by atoms with Gasteiger partial charge in [-0.15, -0.1) is 0 Å². The molecule has 0 nitrogen and oxygen atoms in total. The second-order valence-electron chi connectivity index (χ2n) is 15.8. The molecule has 0 aromatic heterocycles. The smallest absolute Gasteiger partial charge is 1.00 e. The van der Waals surface area contributed by atoms with Crippen LogP contribution in [0.15, 0.2) is 137 Å². The van der Waals surface area contributed by atoms with E-state index in [9.17, 15) is 0 Å². The van der Waals surface area contributed by atoms with Crippen LogP contribution in [0.4, 0.5) is 0 Å². The van der Waals surface area contributed by atoms with Crippen molar-refractivity contribution in [3.63, 3.8) is 0 Å². The summed E-state index contributed by atoms with van der Waals surface area (Å²) in [6.07, 6.45) is 9.24. The van der Waals surface area contributed by atoms with Gasteiger partial charge in [-0.05, 0) is 0 Å². The van der Waals surface area contributed by atoms with Gasteiger partial charge in [0.1, 0.15) is 0 Å². The molecule has 0 bridgehead atoms. The molecule has 0 aliphatic heterocycles. The van der Waals surface area contributed by atoms with Crippen molar-refractivity contribution < 1.29 is 46.1 Å². The third-order valence-electron chi connectivity index (χ3n) is 10.4. The standard InChI is InChI=1S/C21H14.C21H25.C5H5.2ClH.Zr/c1-3-7-20-14-16(9-11-18(20)5-1)13-17-10-12-19-6-2-4-8-21(19)15-17;1-20(2,3)16-9-7-14-11-15-8-10-17(21(4,5)6)13-19(15)18(14)12-16;1-2-4-5-3-1;;;/h1-12,14-15H;7,9-10,12-13H,11H2,1-6H3;1-3H,4H2;2*1H;/q;;;;;+2/p-2. The van der Waals surface area contributed by atoms with E-state index in [0.29, 0.717) is 0 Å². The summed E-state index contributed by atoms with van der Waals surface area (Å²) in [5.74, 6) is 0. The van der Waals surface area contributed by atoms with Crippen LogP contribution in [0.3, 0.4) is 0 Å². The Morgan fingerprint density at radius 2 is 1.12 bits per heavy atom. The zero-order valence-electron chi connectivity index (χ0n) is 29.9. The predicted molar refractivity (Wildman–Crippen MR) is 205 cm³/mol. The molecule has 0 fully saturated rings. The van der Waals surface area contributed by atoms with E-state index in [2.05, 4.69) is 175 Å². The maximum absolute atomic E-state index is 2.85. The van der Waals surface area contributed by atoms with Gasteiger partial charge in [0.25, 0.3) is 0 Å². The number of rotatable bonds is 4. The fourth-order valence-corrected chi connectivity index (χ4v) is 15.6. The molecule has 0 unspecified atom stereocenters. The average molecular weight is 771 g/mol. The van der Waals surface area contributed by atoms with E-state index < -0.39 is 21.3 Å². The molecule has 250 valence electrons. The first-order chi connectivity index (χ1) is 23.0. The quantitative estimate of drug-likeness (QED) is 0.221. The van der Waals surface area contributed by atoms with Gasteiger partial charge in [-0.3, -0.25) is 0 Å². The van der Waals surface area contributed by atoms with Gasteiger partial charge in [0.05, 0.1) is 0 Å². The largest absolute Gasteiger partial charge is 1.00 e. The number of fused-ring (bicyclic) bond motifs is 5. The normalized spacial score (nSPS) is 13.2. The Kier molecular flexibility index (Phi) is 10.2. The minimum atomic E-state index is -2.85. The zero-order valence-corrected chi connectivity index (χ0v) is 33.8. The van der Waals surface area contributed by atoms with E-state index in [-0.39, 0.29) is 35.6 Å². The molecule has 6 aromatic rings. The molecule has 50 heavy (non-hydrogen) atoms. The number of benzene rings is 6. The molecule has 0 amide bonds.